The van der Waals surface area contributed by atoms with Gasteiger partial charge < -0.3 is 5.32 Å². The van der Waals surface area contributed by atoms with Gasteiger partial charge in [0, 0.05) is 24.7 Å². The Morgan fingerprint density at radius 2 is 2.10 bits per heavy atom. The number of aromatic amines is 1. The van der Waals surface area contributed by atoms with Gasteiger partial charge in [0.25, 0.3) is 0 Å². The van der Waals surface area contributed by atoms with Gasteiger partial charge in [-0.2, -0.15) is 5.10 Å². The molecule has 0 aliphatic carbocycles. The van der Waals surface area contributed by atoms with E-state index < -0.39 is 0 Å². The van der Waals surface area contributed by atoms with E-state index in [-0.39, 0.29) is 5.54 Å². The van der Waals surface area contributed by atoms with Gasteiger partial charge in [0.05, 0.1) is 23.1 Å². The predicted octanol–water partition coefficient (Wildman–Crippen LogP) is 1.79. The van der Waals surface area contributed by atoms with Crippen molar-refractivity contribution >= 4 is 0 Å². The largest absolute Gasteiger partial charge is 0.308 e. The van der Waals surface area contributed by atoms with Crippen molar-refractivity contribution in [3.8, 4) is 0 Å². The van der Waals surface area contributed by atoms with Gasteiger partial charge in [-0.15, -0.1) is 5.10 Å². The number of hydrogen-bond acceptors (Lipinski definition) is 4. The average molecular weight is 276 g/mol. The van der Waals surface area contributed by atoms with Crippen molar-refractivity contribution in [2.75, 3.05) is 0 Å². The second kappa shape index (κ2) is 5.75. The molecule has 20 heavy (non-hydrogen) atoms. The van der Waals surface area contributed by atoms with Crippen LogP contribution in [-0.4, -0.2) is 31.2 Å². The molecule has 1 unspecified atom stereocenters. The van der Waals surface area contributed by atoms with Gasteiger partial charge in [-0.25, -0.2) is 4.68 Å². The first-order chi connectivity index (χ1) is 9.34. The summed E-state index contributed by atoms with van der Waals surface area (Å²) in [6.07, 6.45) is 2.90. The molecule has 0 spiro atoms. The number of aromatic nitrogens is 5. The first-order valence-electron chi connectivity index (χ1n) is 7.00. The number of H-pyrrole nitrogens is 1. The lowest BCUT2D eigenvalue weighted by molar-refractivity contribution is 0.347. The highest BCUT2D eigenvalue weighted by Gasteiger charge is 2.15. The third kappa shape index (κ3) is 3.90. The Morgan fingerprint density at radius 1 is 1.35 bits per heavy atom. The summed E-state index contributed by atoms with van der Waals surface area (Å²) in [6.45, 7) is 11.2. The van der Waals surface area contributed by atoms with Crippen molar-refractivity contribution in [2.45, 2.75) is 59.2 Å². The standard InChI is InChI=1S/C14H24N6/c1-10(6-12-7-11(2)16-17-12)15-8-13-9-20(19-18-13)14(3,4)5/h7,9-10,15H,6,8H2,1-5H3,(H,16,17). The van der Waals surface area contributed by atoms with Gasteiger partial charge >= 0.3 is 0 Å². The zero-order valence-corrected chi connectivity index (χ0v) is 12.9. The SMILES string of the molecule is Cc1cc(CC(C)NCc2cn(C(C)(C)C)nn2)n[nH]1. The highest BCUT2D eigenvalue weighted by Crippen LogP contribution is 2.11. The molecule has 2 rings (SSSR count). The van der Waals surface area contributed by atoms with Crippen LogP contribution in [0.25, 0.3) is 0 Å². The Morgan fingerprint density at radius 3 is 2.65 bits per heavy atom. The van der Waals surface area contributed by atoms with Crippen LogP contribution in [0.5, 0.6) is 0 Å². The van der Waals surface area contributed by atoms with E-state index >= 15 is 0 Å². The normalized spacial score (nSPS) is 13.7. The fourth-order valence-corrected chi connectivity index (χ4v) is 1.95. The first-order valence-corrected chi connectivity index (χ1v) is 7.00. The molecule has 2 aromatic rings. The molecule has 0 fully saturated rings. The van der Waals surface area contributed by atoms with E-state index in [9.17, 15) is 0 Å². The van der Waals surface area contributed by atoms with Crippen molar-refractivity contribution in [3.63, 3.8) is 0 Å². The van der Waals surface area contributed by atoms with E-state index in [1.165, 1.54) is 0 Å². The third-order valence-corrected chi connectivity index (χ3v) is 3.13. The summed E-state index contributed by atoms with van der Waals surface area (Å²) in [5, 5.41) is 19.0. The fraction of sp³-hybridized carbons (Fsp3) is 0.643. The molecule has 0 bridgehead atoms. The van der Waals surface area contributed by atoms with Crippen LogP contribution in [0.1, 0.15) is 44.8 Å². The van der Waals surface area contributed by atoms with E-state index in [0.717, 1.165) is 30.0 Å². The molecule has 0 saturated heterocycles. The van der Waals surface area contributed by atoms with Crippen LogP contribution in [0.15, 0.2) is 12.3 Å². The minimum Gasteiger partial charge on any atom is -0.308 e. The molecule has 0 aromatic carbocycles. The zero-order chi connectivity index (χ0) is 14.8. The molecular formula is C14H24N6. The summed E-state index contributed by atoms with van der Waals surface area (Å²) in [5.41, 5.74) is 3.12. The molecule has 2 N–H and O–H groups in total. The molecule has 0 aliphatic rings. The van der Waals surface area contributed by atoms with Crippen molar-refractivity contribution in [1.29, 1.82) is 0 Å². The first kappa shape index (κ1) is 14.7. The van der Waals surface area contributed by atoms with E-state index in [1.807, 2.05) is 17.8 Å². The van der Waals surface area contributed by atoms with Crippen LogP contribution in [-0.2, 0) is 18.5 Å². The maximum Gasteiger partial charge on any atom is 0.0965 e. The minimum atomic E-state index is -0.0244. The summed E-state index contributed by atoms with van der Waals surface area (Å²) in [5.74, 6) is 0. The Bertz CT molecular complexity index is 548. The second-order valence-electron chi connectivity index (χ2n) is 6.35. The van der Waals surface area contributed by atoms with E-state index in [4.69, 9.17) is 0 Å². The van der Waals surface area contributed by atoms with Gasteiger partial charge in [-0.1, -0.05) is 5.21 Å². The number of rotatable bonds is 5. The van der Waals surface area contributed by atoms with E-state index in [0.29, 0.717) is 6.04 Å². The van der Waals surface area contributed by atoms with Crippen molar-refractivity contribution < 1.29 is 0 Å². The molecule has 0 saturated carbocycles. The average Bonchev–Trinajstić information content (AvgIpc) is 2.95. The maximum atomic E-state index is 4.25. The lowest BCUT2D eigenvalue weighted by Gasteiger charge is -2.17. The number of hydrogen-bond donors (Lipinski definition) is 2. The van der Waals surface area contributed by atoms with Crippen LogP contribution in [0.2, 0.25) is 0 Å². The topological polar surface area (TPSA) is 71.4 Å². The van der Waals surface area contributed by atoms with Gasteiger partial charge in [0.2, 0.25) is 0 Å². The molecule has 0 amide bonds. The van der Waals surface area contributed by atoms with Crippen LogP contribution < -0.4 is 5.32 Å². The monoisotopic (exact) mass is 276 g/mol. The molecular weight excluding hydrogens is 252 g/mol. The highest BCUT2D eigenvalue weighted by molar-refractivity contribution is 5.08. The Labute approximate surface area is 120 Å². The van der Waals surface area contributed by atoms with E-state index in [2.05, 4.69) is 59.6 Å². The molecule has 6 heteroatoms. The summed E-state index contributed by atoms with van der Waals surface area (Å²) in [4.78, 5) is 0. The quantitative estimate of drug-likeness (QED) is 0.873. The number of aryl methyl sites for hydroxylation is 1. The second-order valence-corrected chi connectivity index (χ2v) is 6.35. The van der Waals surface area contributed by atoms with Crippen molar-refractivity contribution in [2.24, 2.45) is 0 Å². The molecule has 2 aromatic heterocycles. The highest BCUT2D eigenvalue weighted by atomic mass is 15.4. The molecule has 2 heterocycles. The Balaban J connectivity index is 1.84. The minimum absolute atomic E-state index is 0.0244. The zero-order valence-electron chi connectivity index (χ0n) is 12.9. The molecule has 1 atom stereocenters. The summed E-state index contributed by atoms with van der Waals surface area (Å²) in [7, 11) is 0. The van der Waals surface area contributed by atoms with Crippen LogP contribution in [0, 0.1) is 6.92 Å². The fourth-order valence-electron chi connectivity index (χ4n) is 1.95. The smallest absolute Gasteiger partial charge is 0.0965 e. The van der Waals surface area contributed by atoms with Gasteiger partial charge in [0.15, 0.2) is 0 Å². The number of nitrogens with zero attached hydrogens (tertiary/aromatic N) is 4. The lowest BCUT2D eigenvalue weighted by atomic mass is 10.1. The lowest BCUT2D eigenvalue weighted by Crippen LogP contribution is -2.28. The van der Waals surface area contributed by atoms with Gasteiger partial charge in [0.1, 0.15) is 0 Å². The Hall–Kier alpha value is -1.69. The van der Waals surface area contributed by atoms with Crippen molar-refractivity contribution in [3.05, 3.63) is 29.3 Å². The van der Waals surface area contributed by atoms with Crippen LogP contribution in [0.3, 0.4) is 0 Å². The van der Waals surface area contributed by atoms with Gasteiger partial charge in [-0.05, 0) is 40.7 Å². The van der Waals surface area contributed by atoms with E-state index in [1.54, 1.807) is 0 Å². The number of nitrogens with one attached hydrogen (secondary N) is 2. The molecule has 0 aliphatic heterocycles. The predicted molar refractivity (Wildman–Crippen MR) is 78.3 cm³/mol. The van der Waals surface area contributed by atoms with Crippen LogP contribution in [0.4, 0.5) is 0 Å². The summed E-state index contributed by atoms with van der Waals surface area (Å²) >= 11 is 0. The Kier molecular flexibility index (Phi) is 4.23. The summed E-state index contributed by atoms with van der Waals surface area (Å²) < 4.78 is 1.89. The molecule has 0 radical (unpaired) electrons. The third-order valence-electron chi connectivity index (χ3n) is 3.13. The van der Waals surface area contributed by atoms with Crippen molar-refractivity contribution in [1.82, 2.24) is 30.5 Å². The molecule has 6 nitrogen and oxygen atoms in total. The maximum absolute atomic E-state index is 4.25. The molecule has 110 valence electrons. The van der Waals surface area contributed by atoms with Gasteiger partial charge in [-0.3, -0.25) is 5.10 Å². The van der Waals surface area contributed by atoms with Crippen LogP contribution >= 0.6 is 0 Å². The summed E-state index contributed by atoms with van der Waals surface area (Å²) in [6, 6.07) is 2.42.